The summed E-state index contributed by atoms with van der Waals surface area (Å²) in [5.74, 6) is -1.01. The highest BCUT2D eigenvalue weighted by Crippen LogP contribution is 2.16. The zero-order valence-electron chi connectivity index (χ0n) is 16.0. The Kier molecular flexibility index (Phi) is 6.66. The number of carbonyl (C=O) groups excluding carboxylic acids is 1. The third kappa shape index (κ3) is 5.65. The molecule has 2 aromatic rings. The minimum absolute atomic E-state index is 0.0316. The molecule has 1 atom stereocenters. The van der Waals surface area contributed by atoms with Gasteiger partial charge < -0.3 is 10.0 Å². The number of carbonyl (C=O) groups is 2. The second kappa shape index (κ2) is 9.19. The maximum Gasteiger partial charge on any atom is 0.335 e. The largest absolute Gasteiger partial charge is 0.478 e. The number of rotatable bonds is 7. The van der Waals surface area contributed by atoms with Gasteiger partial charge in [0.15, 0.2) is 0 Å². The number of nitrogens with zero attached hydrogens (tertiary/aromatic N) is 1. The first-order valence-electron chi connectivity index (χ1n) is 9.52. The Balaban J connectivity index is 1.54. The van der Waals surface area contributed by atoms with Gasteiger partial charge in [-0.2, -0.15) is 0 Å². The second-order valence-corrected chi connectivity index (χ2v) is 8.83. The molecule has 7 nitrogen and oxygen atoms in total. The zero-order valence-corrected chi connectivity index (χ0v) is 16.8. The fourth-order valence-corrected chi connectivity index (χ4v) is 4.69. The number of sulfonamides is 1. The fourth-order valence-electron chi connectivity index (χ4n) is 3.41. The maximum atomic E-state index is 12.6. The zero-order chi connectivity index (χ0) is 20.9. The van der Waals surface area contributed by atoms with Crippen LogP contribution >= 0.6 is 0 Å². The molecule has 0 aliphatic carbocycles. The van der Waals surface area contributed by atoms with Crippen molar-refractivity contribution in [2.24, 2.45) is 0 Å². The molecule has 2 aromatic carbocycles. The third-order valence-corrected chi connectivity index (χ3v) is 6.51. The van der Waals surface area contributed by atoms with Crippen molar-refractivity contribution in [3.63, 3.8) is 0 Å². The molecule has 29 heavy (non-hydrogen) atoms. The van der Waals surface area contributed by atoms with Gasteiger partial charge in [-0.3, -0.25) is 4.79 Å². The monoisotopic (exact) mass is 416 g/mol. The molecule has 0 radical (unpaired) electrons. The first kappa shape index (κ1) is 21.0. The summed E-state index contributed by atoms with van der Waals surface area (Å²) in [5.41, 5.74) is 1.10. The molecule has 0 bridgehead atoms. The van der Waals surface area contributed by atoms with Crippen LogP contribution in [0.4, 0.5) is 0 Å². The predicted molar refractivity (Wildman–Crippen MR) is 108 cm³/mol. The van der Waals surface area contributed by atoms with E-state index >= 15 is 0 Å². The first-order chi connectivity index (χ1) is 13.8. The van der Waals surface area contributed by atoms with Gasteiger partial charge in [0.05, 0.1) is 10.5 Å². The van der Waals surface area contributed by atoms with E-state index in [-0.39, 0.29) is 22.4 Å². The molecule has 0 aromatic heterocycles. The van der Waals surface area contributed by atoms with Gasteiger partial charge in [-0.15, -0.1) is 0 Å². The van der Waals surface area contributed by atoms with Crippen LogP contribution in [0.2, 0.25) is 0 Å². The van der Waals surface area contributed by atoms with Crippen molar-refractivity contribution >= 4 is 21.9 Å². The number of likely N-dealkylation sites (tertiary alicyclic amines) is 1. The molecule has 1 fully saturated rings. The Morgan fingerprint density at radius 3 is 2.41 bits per heavy atom. The van der Waals surface area contributed by atoms with Crippen molar-refractivity contribution in [3.8, 4) is 0 Å². The Hall–Kier alpha value is -2.71. The van der Waals surface area contributed by atoms with Crippen LogP contribution < -0.4 is 4.72 Å². The molecular formula is C21H24N2O5S. The van der Waals surface area contributed by atoms with Crippen LogP contribution in [0.15, 0.2) is 59.5 Å². The van der Waals surface area contributed by atoms with Gasteiger partial charge in [-0.1, -0.05) is 30.3 Å². The van der Waals surface area contributed by atoms with Crippen molar-refractivity contribution in [2.75, 3.05) is 13.1 Å². The molecule has 1 amide bonds. The summed E-state index contributed by atoms with van der Waals surface area (Å²) < 4.78 is 27.7. The van der Waals surface area contributed by atoms with Crippen molar-refractivity contribution < 1.29 is 23.1 Å². The molecule has 0 spiro atoms. The highest BCUT2D eigenvalue weighted by Gasteiger charge is 2.27. The summed E-state index contributed by atoms with van der Waals surface area (Å²) in [6.45, 7) is 0.962. The number of benzene rings is 2. The standard InChI is InChI=1S/C21H24N2O5S/c24-20(13-10-16-8-11-17(12-9-16)21(25)26)23-14-4-5-18(15-23)22-29(27,28)19-6-2-1-3-7-19/h1-3,6-9,11-12,18,22H,4-5,10,13-15H2,(H,25,26). The molecule has 1 saturated heterocycles. The molecule has 1 unspecified atom stereocenters. The van der Waals surface area contributed by atoms with E-state index in [1.54, 1.807) is 47.4 Å². The number of aromatic carboxylic acids is 1. The highest BCUT2D eigenvalue weighted by atomic mass is 32.2. The van der Waals surface area contributed by atoms with Gasteiger partial charge in [-0.25, -0.2) is 17.9 Å². The average molecular weight is 416 g/mol. The van der Waals surface area contributed by atoms with E-state index < -0.39 is 16.0 Å². The Bertz CT molecular complexity index is 958. The fraction of sp³-hybridized carbons (Fsp3) is 0.333. The van der Waals surface area contributed by atoms with Crippen LogP contribution in [-0.2, 0) is 21.2 Å². The van der Waals surface area contributed by atoms with Gasteiger partial charge in [-0.05, 0) is 49.1 Å². The molecule has 1 aliphatic heterocycles. The number of aryl methyl sites for hydroxylation is 1. The number of amides is 1. The summed E-state index contributed by atoms with van der Waals surface area (Å²) >= 11 is 0. The van der Waals surface area contributed by atoms with Gasteiger partial charge in [0, 0.05) is 25.6 Å². The van der Waals surface area contributed by atoms with E-state index in [2.05, 4.69) is 4.72 Å². The molecule has 1 aliphatic rings. The van der Waals surface area contributed by atoms with Gasteiger partial charge in [0.2, 0.25) is 15.9 Å². The molecule has 0 saturated carbocycles. The SMILES string of the molecule is O=C(O)c1ccc(CCC(=O)N2CCCC(NS(=O)(=O)c3ccccc3)C2)cc1. The quantitative estimate of drug-likeness (QED) is 0.721. The van der Waals surface area contributed by atoms with Gasteiger partial charge in [0.25, 0.3) is 0 Å². The lowest BCUT2D eigenvalue weighted by Gasteiger charge is -2.33. The summed E-state index contributed by atoms with van der Waals surface area (Å²) in [6.07, 6.45) is 2.23. The number of carboxylic acids is 1. The van der Waals surface area contributed by atoms with E-state index in [0.29, 0.717) is 32.4 Å². The number of hydrogen-bond acceptors (Lipinski definition) is 4. The van der Waals surface area contributed by atoms with Crippen LogP contribution in [0.5, 0.6) is 0 Å². The topological polar surface area (TPSA) is 104 Å². The Morgan fingerprint density at radius 2 is 1.76 bits per heavy atom. The van der Waals surface area contributed by atoms with Crippen LogP contribution in [0.25, 0.3) is 0 Å². The number of nitrogens with one attached hydrogen (secondary N) is 1. The minimum atomic E-state index is -3.61. The summed E-state index contributed by atoms with van der Waals surface area (Å²) in [4.78, 5) is 25.4. The smallest absolute Gasteiger partial charge is 0.335 e. The first-order valence-corrected chi connectivity index (χ1v) is 11.0. The number of piperidine rings is 1. The number of carboxylic acid groups (broad SMARTS) is 1. The van der Waals surface area contributed by atoms with Crippen LogP contribution in [0, 0.1) is 0 Å². The summed E-state index contributed by atoms with van der Waals surface area (Å²) in [7, 11) is -3.61. The van der Waals surface area contributed by atoms with Crippen LogP contribution in [0.3, 0.4) is 0 Å². The van der Waals surface area contributed by atoms with E-state index in [0.717, 1.165) is 12.0 Å². The van der Waals surface area contributed by atoms with Crippen molar-refractivity contribution in [1.82, 2.24) is 9.62 Å². The minimum Gasteiger partial charge on any atom is -0.478 e. The Labute approximate surface area is 170 Å². The third-order valence-electron chi connectivity index (χ3n) is 4.98. The average Bonchev–Trinajstić information content (AvgIpc) is 2.73. The van der Waals surface area contributed by atoms with Crippen molar-refractivity contribution in [1.29, 1.82) is 0 Å². The summed E-state index contributed by atoms with van der Waals surface area (Å²) in [5, 5.41) is 8.93. The lowest BCUT2D eigenvalue weighted by Crippen LogP contribution is -2.49. The van der Waals surface area contributed by atoms with E-state index in [1.165, 1.54) is 12.1 Å². The highest BCUT2D eigenvalue weighted by molar-refractivity contribution is 7.89. The van der Waals surface area contributed by atoms with E-state index in [9.17, 15) is 18.0 Å². The lowest BCUT2D eigenvalue weighted by atomic mass is 10.0. The number of hydrogen-bond donors (Lipinski definition) is 2. The Morgan fingerprint density at radius 1 is 1.07 bits per heavy atom. The van der Waals surface area contributed by atoms with Gasteiger partial charge >= 0.3 is 5.97 Å². The second-order valence-electron chi connectivity index (χ2n) is 7.12. The van der Waals surface area contributed by atoms with E-state index in [4.69, 9.17) is 5.11 Å². The molecule has 154 valence electrons. The molecule has 3 rings (SSSR count). The van der Waals surface area contributed by atoms with Crippen molar-refractivity contribution in [2.45, 2.75) is 36.6 Å². The molecule has 8 heteroatoms. The maximum absolute atomic E-state index is 12.6. The molecule has 2 N–H and O–H groups in total. The summed E-state index contributed by atoms with van der Waals surface area (Å²) in [6, 6.07) is 14.4. The van der Waals surface area contributed by atoms with E-state index in [1.807, 2.05) is 0 Å². The molecular weight excluding hydrogens is 392 g/mol. The van der Waals surface area contributed by atoms with Crippen molar-refractivity contribution in [3.05, 3.63) is 65.7 Å². The normalized spacial score (nSPS) is 17.1. The van der Waals surface area contributed by atoms with Crippen LogP contribution in [-0.4, -0.2) is 49.4 Å². The lowest BCUT2D eigenvalue weighted by molar-refractivity contribution is -0.132. The van der Waals surface area contributed by atoms with Crippen LogP contribution in [0.1, 0.15) is 35.2 Å². The molecule has 1 heterocycles. The predicted octanol–water partition coefficient (Wildman–Crippen LogP) is 2.29. The van der Waals surface area contributed by atoms with Gasteiger partial charge in [0.1, 0.15) is 0 Å².